The van der Waals surface area contributed by atoms with Crippen LogP contribution in [0.1, 0.15) is 6.92 Å². The number of hydrogen-bond acceptors (Lipinski definition) is 4. The van der Waals surface area contributed by atoms with Crippen LogP contribution < -0.4 is 5.32 Å². The lowest BCUT2D eigenvalue weighted by atomic mass is 10.3. The zero-order chi connectivity index (χ0) is 13.5. The van der Waals surface area contributed by atoms with Gasteiger partial charge in [0, 0.05) is 0 Å². The van der Waals surface area contributed by atoms with Crippen LogP contribution in [0, 0.1) is 11.5 Å². The summed E-state index contributed by atoms with van der Waals surface area (Å²) in [5, 5.41) is 2.35. The number of ether oxygens (including phenoxy) is 2. The molecular formula is C11H19NO4Si. The third-order valence-electron chi connectivity index (χ3n) is 1.57. The summed E-state index contributed by atoms with van der Waals surface area (Å²) in [5.41, 5.74) is 3.00. The van der Waals surface area contributed by atoms with Gasteiger partial charge in [-0.2, -0.15) is 0 Å². The molecule has 0 aliphatic rings. The van der Waals surface area contributed by atoms with Crippen LogP contribution in [0.4, 0.5) is 4.79 Å². The highest BCUT2D eigenvalue weighted by Crippen LogP contribution is 1.97. The van der Waals surface area contributed by atoms with Gasteiger partial charge < -0.3 is 9.47 Å². The van der Waals surface area contributed by atoms with Crippen molar-refractivity contribution in [2.24, 2.45) is 0 Å². The normalized spacial score (nSPS) is 11.8. The lowest BCUT2D eigenvalue weighted by Crippen LogP contribution is -2.41. The molecule has 0 radical (unpaired) electrons. The monoisotopic (exact) mass is 257 g/mol. The van der Waals surface area contributed by atoms with Crippen molar-refractivity contribution in [2.75, 3.05) is 13.7 Å². The zero-order valence-electron chi connectivity index (χ0n) is 10.9. The lowest BCUT2D eigenvalue weighted by molar-refractivity contribution is -0.141. The quantitative estimate of drug-likeness (QED) is 0.468. The maximum absolute atomic E-state index is 11.4. The molecule has 1 atom stereocenters. The molecule has 0 saturated heterocycles. The first kappa shape index (κ1) is 15.5. The number of amides is 1. The van der Waals surface area contributed by atoms with E-state index in [0.29, 0.717) is 0 Å². The summed E-state index contributed by atoms with van der Waals surface area (Å²) in [6.07, 6.45) is -0.673. The van der Waals surface area contributed by atoms with Crippen molar-refractivity contribution in [2.45, 2.75) is 32.6 Å². The van der Waals surface area contributed by atoms with E-state index >= 15 is 0 Å². The molecule has 0 heterocycles. The van der Waals surface area contributed by atoms with E-state index < -0.39 is 26.2 Å². The van der Waals surface area contributed by atoms with Crippen molar-refractivity contribution in [3.63, 3.8) is 0 Å². The SMILES string of the molecule is CCOC(=O)NC(C#C[Si](C)(C)C)C(=O)OC. The lowest BCUT2D eigenvalue weighted by Gasteiger charge is -2.11. The molecule has 1 N–H and O–H groups in total. The minimum atomic E-state index is -1.61. The van der Waals surface area contributed by atoms with Crippen LogP contribution in [-0.2, 0) is 14.3 Å². The second-order valence-corrected chi connectivity index (χ2v) is 9.09. The molecule has 0 fully saturated rings. The molecule has 0 aliphatic carbocycles. The molecule has 0 aliphatic heterocycles. The van der Waals surface area contributed by atoms with Crippen molar-refractivity contribution in [3.8, 4) is 11.5 Å². The Morgan fingerprint density at radius 1 is 1.35 bits per heavy atom. The Kier molecular flexibility index (Phi) is 6.36. The van der Waals surface area contributed by atoms with Crippen LogP contribution in [-0.4, -0.2) is 39.9 Å². The first-order valence-electron chi connectivity index (χ1n) is 5.34. The molecule has 96 valence electrons. The van der Waals surface area contributed by atoms with E-state index in [0.717, 1.165) is 0 Å². The van der Waals surface area contributed by atoms with E-state index in [2.05, 4.69) is 26.3 Å². The van der Waals surface area contributed by atoms with E-state index in [1.165, 1.54) is 7.11 Å². The van der Waals surface area contributed by atoms with Gasteiger partial charge in [0.05, 0.1) is 13.7 Å². The summed E-state index contributed by atoms with van der Waals surface area (Å²) in [6.45, 7) is 8.04. The van der Waals surface area contributed by atoms with Crippen molar-refractivity contribution < 1.29 is 19.1 Å². The largest absolute Gasteiger partial charge is 0.467 e. The fourth-order valence-electron chi connectivity index (χ4n) is 0.851. The van der Waals surface area contributed by atoms with Crippen LogP contribution in [0.25, 0.3) is 0 Å². The van der Waals surface area contributed by atoms with E-state index in [1.807, 2.05) is 19.6 Å². The Balaban J connectivity index is 4.71. The predicted molar refractivity (Wildman–Crippen MR) is 67.1 cm³/mol. The van der Waals surface area contributed by atoms with Crippen LogP contribution in [0.5, 0.6) is 0 Å². The van der Waals surface area contributed by atoms with Gasteiger partial charge in [0.25, 0.3) is 0 Å². The van der Waals surface area contributed by atoms with Crippen LogP contribution >= 0.6 is 0 Å². The minimum Gasteiger partial charge on any atom is -0.467 e. The van der Waals surface area contributed by atoms with E-state index in [-0.39, 0.29) is 6.61 Å². The molecule has 0 aromatic heterocycles. The molecular weight excluding hydrogens is 238 g/mol. The summed E-state index contributed by atoms with van der Waals surface area (Å²) in [7, 11) is -0.361. The van der Waals surface area contributed by atoms with Gasteiger partial charge in [-0.15, -0.1) is 5.54 Å². The maximum atomic E-state index is 11.4. The molecule has 17 heavy (non-hydrogen) atoms. The number of hydrogen-bond donors (Lipinski definition) is 1. The summed E-state index contributed by atoms with van der Waals surface area (Å²) in [4.78, 5) is 22.6. The molecule has 1 unspecified atom stereocenters. The number of esters is 1. The maximum Gasteiger partial charge on any atom is 0.408 e. The number of methoxy groups -OCH3 is 1. The first-order chi connectivity index (χ1) is 7.80. The third kappa shape index (κ3) is 7.41. The van der Waals surface area contributed by atoms with Gasteiger partial charge in [-0.05, 0) is 6.92 Å². The van der Waals surface area contributed by atoms with E-state index in [9.17, 15) is 9.59 Å². The van der Waals surface area contributed by atoms with Gasteiger partial charge in [0.2, 0.25) is 0 Å². The Morgan fingerprint density at radius 3 is 2.35 bits per heavy atom. The molecule has 0 aromatic rings. The van der Waals surface area contributed by atoms with Gasteiger partial charge in [0.1, 0.15) is 8.07 Å². The summed E-state index contributed by atoms with van der Waals surface area (Å²) in [6, 6.07) is -0.967. The molecule has 6 heteroatoms. The predicted octanol–water partition coefficient (Wildman–Crippen LogP) is 1.15. The number of carbonyl (C=O) groups is 2. The third-order valence-corrected chi connectivity index (χ3v) is 2.46. The molecule has 0 bridgehead atoms. The standard InChI is InChI=1S/C11H19NO4Si/c1-6-16-11(14)12-9(10(13)15-2)7-8-17(3,4)5/h9H,6H2,1-5H3,(H,12,14). The fraction of sp³-hybridized carbons (Fsp3) is 0.636. The van der Waals surface area contributed by atoms with Crippen molar-refractivity contribution in [1.82, 2.24) is 5.32 Å². The number of rotatable bonds is 3. The summed E-state index contributed by atoms with van der Waals surface area (Å²) in [5.74, 6) is 2.13. The van der Waals surface area contributed by atoms with Gasteiger partial charge >= 0.3 is 12.1 Å². The Labute approximate surface area is 103 Å². The second-order valence-electron chi connectivity index (χ2n) is 4.34. The summed E-state index contributed by atoms with van der Waals surface area (Å²) >= 11 is 0. The van der Waals surface area contributed by atoms with Gasteiger partial charge in [-0.1, -0.05) is 25.6 Å². The number of carbonyl (C=O) groups excluding carboxylic acids is 2. The van der Waals surface area contributed by atoms with Crippen LogP contribution in [0.2, 0.25) is 19.6 Å². The zero-order valence-corrected chi connectivity index (χ0v) is 11.9. The average molecular weight is 257 g/mol. The van der Waals surface area contributed by atoms with E-state index in [1.54, 1.807) is 6.92 Å². The number of alkyl carbamates (subject to hydrolysis) is 1. The molecule has 5 nitrogen and oxygen atoms in total. The topological polar surface area (TPSA) is 64.6 Å². The van der Waals surface area contributed by atoms with Gasteiger partial charge in [-0.25, -0.2) is 9.59 Å². The van der Waals surface area contributed by atoms with Crippen molar-refractivity contribution in [1.29, 1.82) is 0 Å². The van der Waals surface area contributed by atoms with Crippen LogP contribution in [0.15, 0.2) is 0 Å². The highest BCUT2D eigenvalue weighted by atomic mass is 28.3. The van der Waals surface area contributed by atoms with Gasteiger partial charge in [-0.3, -0.25) is 5.32 Å². The second kappa shape index (κ2) is 6.96. The number of nitrogens with one attached hydrogen (secondary N) is 1. The molecule has 0 saturated carbocycles. The Hall–Kier alpha value is -1.48. The fourth-order valence-corrected chi connectivity index (χ4v) is 1.43. The first-order valence-corrected chi connectivity index (χ1v) is 8.84. The molecule has 0 spiro atoms. The van der Waals surface area contributed by atoms with Crippen LogP contribution in [0.3, 0.4) is 0 Å². The van der Waals surface area contributed by atoms with Crippen molar-refractivity contribution in [3.05, 3.63) is 0 Å². The smallest absolute Gasteiger partial charge is 0.408 e. The molecule has 1 amide bonds. The molecule has 0 rings (SSSR count). The molecule has 0 aromatic carbocycles. The van der Waals surface area contributed by atoms with Crippen molar-refractivity contribution >= 4 is 20.1 Å². The minimum absolute atomic E-state index is 0.237. The van der Waals surface area contributed by atoms with E-state index in [4.69, 9.17) is 0 Å². The van der Waals surface area contributed by atoms with Gasteiger partial charge in [0.15, 0.2) is 6.04 Å². The highest BCUT2D eigenvalue weighted by molar-refractivity contribution is 6.83. The average Bonchev–Trinajstić information content (AvgIpc) is 2.22. The summed E-state index contributed by atoms with van der Waals surface area (Å²) < 4.78 is 9.25. The Morgan fingerprint density at radius 2 is 1.94 bits per heavy atom. The highest BCUT2D eigenvalue weighted by Gasteiger charge is 2.20. The Bertz CT molecular complexity index is 338.